The number of hydrogen-bond donors (Lipinski definition) is 0. The lowest BCUT2D eigenvalue weighted by atomic mass is 10.1. The lowest BCUT2D eigenvalue weighted by molar-refractivity contribution is 0.100. The molecule has 0 saturated carbocycles. The molecule has 146 valence electrons. The second kappa shape index (κ2) is 8.10. The summed E-state index contributed by atoms with van der Waals surface area (Å²) in [7, 11) is 1.57. The maximum Gasteiger partial charge on any atom is 0.237 e. The Morgan fingerprint density at radius 1 is 1.18 bits per heavy atom. The molecule has 1 heterocycles. The number of nitrogens with zero attached hydrogens (tertiary/aromatic N) is 1. The van der Waals surface area contributed by atoms with Gasteiger partial charge >= 0.3 is 0 Å². The third-order valence-corrected chi connectivity index (χ3v) is 4.56. The highest BCUT2D eigenvalue weighted by Gasteiger charge is 2.23. The smallest absolute Gasteiger partial charge is 0.237 e. The van der Waals surface area contributed by atoms with Crippen molar-refractivity contribution in [2.45, 2.75) is 20.0 Å². The largest absolute Gasteiger partial charge is 0.497 e. The van der Waals surface area contributed by atoms with Crippen LogP contribution in [0.3, 0.4) is 0 Å². The van der Waals surface area contributed by atoms with Crippen LogP contribution in [0.2, 0.25) is 0 Å². The number of ether oxygens (including phenoxy) is 2. The fourth-order valence-corrected chi connectivity index (χ4v) is 3.09. The normalized spacial score (nSPS) is 11.9. The van der Waals surface area contributed by atoms with Crippen LogP contribution in [-0.2, 0) is 0 Å². The molecule has 1 aromatic heterocycles. The van der Waals surface area contributed by atoms with Gasteiger partial charge in [0.25, 0.3) is 0 Å². The molecule has 0 aliphatic heterocycles. The van der Waals surface area contributed by atoms with Gasteiger partial charge in [0, 0.05) is 5.56 Å². The van der Waals surface area contributed by atoms with Gasteiger partial charge < -0.3 is 13.9 Å². The van der Waals surface area contributed by atoms with E-state index in [4.69, 9.17) is 13.9 Å². The number of benzene rings is 2. The monoisotopic (exact) mass is 451 g/mol. The summed E-state index contributed by atoms with van der Waals surface area (Å²) in [5.74, 6) is -2.10. The van der Waals surface area contributed by atoms with Crippen molar-refractivity contribution in [3.63, 3.8) is 0 Å². The highest BCUT2D eigenvalue weighted by atomic mass is 79.9. The number of ketones is 1. The third-order valence-electron chi connectivity index (χ3n) is 4.03. The van der Waals surface area contributed by atoms with Crippen molar-refractivity contribution in [1.29, 1.82) is 0 Å². The molecule has 0 spiro atoms. The molecule has 8 heteroatoms. The molecular weight excluding hydrogens is 436 g/mol. The first kappa shape index (κ1) is 20.0. The van der Waals surface area contributed by atoms with E-state index in [0.29, 0.717) is 16.1 Å². The van der Waals surface area contributed by atoms with Crippen molar-refractivity contribution >= 4 is 21.7 Å². The molecule has 1 unspecified atom stereocenters. The van der Waals surface area contributed by atoms with Gasteiger partial charge in [0.05, 0.1) is 12.7 Å². The van der Waals surface area contributed by atoms with E-state index < -0.39 is 29.1 Å². The van der Waals surface area contributed by atoms with Crippen LogP contribution in [0, 0.1) is 11.6 Å². The fraction of sp³-hybridized carbons (Fsp3) is 0.200. The number of carbonyl (C=O) groups is 1. The molecule has 0 N–H and O–H groups in total. The van der Waals surface area contributed by atoms with E-state index in [9.17, 15) is 13.6 Å². The van der Waals surface area contributed by atoms with Crippen molar-refractivity contribution in [3.8, 4) is 22.8 Å². The zero-order valence-corrected chi connectivity index (χ0v) is 16.8. The van der Waals surface area contributed by atoms with Crippen LogP contribution in [0.5, 0.6) is 11.5 Å². The third kappa shape index (κ3) is 3.91. The quantitative estimate of drug-likeness (QED) is 0.447. The number of methoxy groups -OCH3 is 1. The van der Waals surface area contributed by atoms with Gasteiger partial charge in [-0.3, -0.25) is 4.79 Å². The summed E-state index contributed by atoms with van der Waals surface area (Å²) in [5, 5.41) is 0. The Balaban J connectivity index is 1.87. The van der Waals surface area contributed by atoms with Crippen molar-refractivity contribution in [2.75, 3.05) is 7.11 Å². The number of carbonyl (C=O) groups excluding carboxylic acids is 1. The summed E-state index contributed by atoms with van der Waals surface area (Å²) in [6, 6.07) is 9.30. The van der Waals surface area contributed by atoms with Gasteiger partial charge in [0.1, 0.15) is 17.3 Å². The minimum Gasteiger partial charge on any atom is -0.497 e. The molecule has 0 aliphatic carbocycles. The van der Waals surface area contributed by atoms with E-state index in [1.165, 1.54) is 0 Å². The van der Waals surface area contributed by atoms with Crippen LogP contribution < -0.4 is 9.47 Å². The van der Waals surface area contributed by atoms with Crippen molar-refractivity contribution in [3.05, 3.63) is 64.2 Å². The average Bonchev–Trinajstić information content (AvgIpc) is 3.06. The maximum atomic E-state index is 14.4. The predicted molar refractivity (Wildman–Crippen MR) is 102 cm³/mol. The van der Waals surface area contributed by atoms with E-state index in [-0.39, 0.29) is 11.6 Å². The fourth-order valence-electron chi connectivity index (χ4n) is 2.61. The number of hydrogen-bond acceptors (Lipinski definition) is 5. The summed E-state index contributed by atoms with van der Waals surface area (Å²) in [4.78, 5) is 15.9. The first-order valence-corrected chi connectivity index (χ1v) is 9.07. The highest BCUT2D eigenvalue weighted by molar-refractivity contribution is 9.10. The molecule has 3 rings (SSSR count). The van der Waals surface area contributed by atoms with Gasteiger partial charge in [-0.2, -0.15) is 0 Å². The van der Waals surface area contributed by atoms with Gasteiger partial charge in [-0.05, 0) is 66.2 Å². The number of oxazole rings is 1. The molecule has 3 aromatic rings. The Morgan fingerprint density at radius 3 is 2.46 bits per heavy atom. The second-order valence-corrected chi connectivity index (χ2v) is 6.67. The number of aromatic nitrogens is 1. The van der Waals surface area contributed by atoms with E-state index >= 15 is 0 Å². The Kier molecular flexibility index (Phi) is 5.79. The van der Waals surface area contributed by atoms with Crippen LogP contribution in [0.1, 0.15) is 36.2 Å². The van der Waals surface area contributed by atoms with Gasteiger partial charge in [0.2, 0.25) is 5.89 Å². The van der Waals surface area contributed by atoms with Crippen LogP contribution in [0.15, 0.2) is 45.5 Å². The summed E-state index contributed by atoms with van der Waals surface area (Å²) in [5.41, 5.74) is 0.677. The van der Waals surface area contributed by atoms with E-state index in [1.54, 1.807) is 26.2 Å². The van der Waals surface area contributed by atoms with Gasteiger partial charge in [-0.25, -0.2) is 13.8 Å². The molecule has 0 radical (unpaired) electrons. The number of rotatable bonds is 6. The molecule has 5 nitrogen and oxygen atoms in total. The predicted octanol–water partition coefficient (Wildman–Crippen LogP) is 5.73. The Morgan fingerprint density at radius 2 is 1.86 bits per heavy atom. The first-order chi connectivity index (χ1) is 13.3. The van der Waals surface area contributed by atoms with Crippen molar-refractivity contribution in [1.82, 2.24) is 4.98 Å². The number of Topliss-reactive ketones (excluding diaryl/α,β-unsaturated/α-hetero) is 1. The summed E-state index contributed by atoms with van der Waals surface area (Å²) in [6.07, 6.45) is -0.789. The average molecular weight is 452 g/mol. The lowest BCUT2D eigenvalue weighted by Gasteiger charge is -2.13. The topological polar surface area (TPSA) is 61.6 Å². The van der Waals surface area contributed by atoms with Gasteiger partial charge in [-0.1, -0.05) is 0 Å². The zero-order valence-electron chi connectivity index (χ0n) is 15.3. The molecule has 0 fully saturated rings. The minimum atomic E-state index is -1.06. The Labute approximate surface area is 168 Å². The molecule has 0 amide bonds. The second-order valence-electron chi connectivity index (χ2n) is 5.95. The van der Waals surface area contributed by atoms with Crippen LogP contribution in [0.4, 0.5) is 8.78 Å². The standard InChI is InChI=1S/C20H16BrF2NO4/c1-10(25)16-14(22)8-9-15(17(16)23)27-11(2)20-24-18(19(21)28-20)12-4-6-13(26-3)7-5-12/h4-9,11H,1-3H3. The SMILES string of the molecule is COc1ccc(-c2nc(C(C)Oc3ccc(F)c(C(C)=O)c3F)oc2Br)cc1. The highest BCUT2D eigenvalue weighted by Crippen LogP contribution is 2.34. The number of halogens is 3. The molecular formula is C20H16BrF2NO4. The minimum absolute atomic E-state index is 0.186. The lowest BCUT2D eigenvalue weighted by Crippen LogP contribution is -2.08. The van der Waals surface area contributed by atoms with Crippen LogP contribution in [-0.4, -0.2) is 17.9 Å². The first-order valence-electron chi connectivity index (χ1n) is 8.28. The Bertz CT molecular complexity index is 1020. The zero-order chi connectivity index (χ0) is 20.4. The molecule has 0 saturated heterocycles. The summed E-state index contributed by atoms with van der Waals surface area (Å²) >= 11 is 3.31. The van der Waals surface area contributed by atoms with E-state index in [0.717, 1.165) is 24.6 Å². The maximum absolute atomic E-state index is 14.4. The molecule has 0 bridgehead atoms. The Hall–Kier alpha value is -2.74. The van der Waals surface area contributed by atoms with E-state index in [1.807, 2.05) is 12.1 Å². The van der Waals surface area contributed by atoms with Crippen LogP contribution in [0.25, 0.3) is 11.3 Å². The molecule has 1 atom stereocenters. The molecule has 28 heavy (non-hydrogen) atoms. The molecule has 0 aliphatic rings. The van der Waals surface area contributed by atoms with Crippen molar-refractivity contribution in [2.24, 2.45) is 0 Å². The van der Waals surface area contributed by atoms with E-state index in [2.05, 4.69) is 20.9 Å². The summed E-state index contributed by atoms with van der Waals surface area (Å²) in [6.45, 7) is 2.69. The van der Waals surface area contributed by atoms with Gasteiger partial charge in [-0.15, -0.1) is 0 Å². The summed E-state index contributed by atoms with van der Waals surface area (Å²) < 4.78 is 44.7. The van der Waals surface area contributed by atoms with Gasteiger partial charge in [0.15, 0.2) is 28.1 Å². The molecule has 2 aromatic carbocycles. The van der Waals surface area contributed by atoms with Crippen molar-refractivity contribution < 1.29 is 27.5 Å². The van der Waals surface area contributed by atoms with Crippen LogP contribution >= 0.6 is 15.9 Å².